The minimum absolute atomic E-state index is 0.0872. The molecule has 1 fully saturated rings. The number of nitrogens with one attached hydrogen (secondary N) is 1. The highest BCUT2D eigenvalue weighted by Gasteiger charge is 2.38. The molecule has 0 bridgehead atoms. The van der Waals surface area contributed by atoms with Crippen molar-refractivity contribution in [3.05, 3.63) is 22.4 Å². The first-order valence-electron chi connectivity index (χ1n) is 5.57. The maximum atomic E-state index is 12.4. The SMILES string of the molecule is CCC1(C(=O)c2cccs2)CCNCC1. The number of thiophene rings is 1. The summed E-state index contributed by atoms with van der Waals surface area (Å²) in [5.74, 6) is 0.363. The maximum absolute atomic E-state index is 12.4. The number of hydrogen-bond acceptors (Lipinski definition) is 3. The van der Waals surface area contributed by atoms with Crippen LogP contribution in [-0.2, 0) is 0 Å². The van der Waals surface area contributed by atoms with Crippen LogP contribution in [0.2, 0.25) is 0 Å². The minimum atomic E-state index is -0.0872. The third-order valence-corrected chi connectivity index (χ3v) is 4.33. The molecular weight excluding hydrogens is 206 g/mol. The minimum Gasteiger partial charge on any atom is -0.317 e. The molecule has 1 aromatic heterocycles. The van der Waals surface area contributed by atoms with Crippen molar-refractivity contribution in [3.8, 4) is 0 Å². The van der Waals surface area contributed by atoms with Crippen LogP contribution in [0.4, 0.5) is 0 Å². The van der Waals surface area contributed by atoms with Crippen LogP contribution in [0.3, 0.4) is 0 Å². The van der Waals surface area contributed by atoms with Crippen LogP contribution in [-0.4, -0.2) is 18.9 Å². The molecule has 0 spiro atoms. The zero-order valence-corrected chi connectivity index (χ0v) is 9.90. The first-order valence-corrected chi connectivity index (χ1v) is 6.45. The van der Waals surface area contributed by atoms with E-state index in [1.165, 1.54) is 0 Å². The number of rotatable bonds is 3. The van der Waals surface area contributed by atoms with Gasteiger partial charge in [-0.25, -0.2) is 0 Å². The summed E-state index contributed by atoms with van der Waals surface area (Å²) in [6, 6.07) is 3.91. The van der Waals surface area contributed by atoms with Gasteiger partial charge in [0.25, 0.3) is 0 Å². The lowest BCUT2D eigenvalue weighted by atomic mass is 9.73. The standard InChI is InChI=1S/C12H17NOS/c1-2-12(5-7-13-8-6-12)11(14)10-4-3-9-15-10/h3-4,9,13H,2,5-8H2,1H3. The van der Waals surface area contributed by atoms with Crippen LogP contribution in [0, 0.1) is 5.41 Å². The summed E-state index contributed by atoms with van der Waals surface area (Å²) < 4.78 is 0. The molecule has 2 heterocycles. The van der Waals surface area contributed by atoms with Crippen LogP contribution in [0.5, 0.6) is 0 Å². The molecule has 2 nitrogen and oxygen atoms in total. The van der Waals surface area contributed by atoms with Gasteiger partial charge in [-0.1, -0.05) is 13.0 Å². The summed E-state index contributed by atoms with van der Waals surface area (Å²) >= 11 is 1.57. The van der Waals surface area contributed by atoms with Crippen LogP contribution in [0.15, 0.2) is 17.5 Å². The Kier molecular flexibility index (Phi) is 3.22. The second-order valence-electron chi connectivity index (χ2n) is 4.19. The summed E-state index contributed by atoms with van der Waals surface area (Å²) in [6.45, 7) is 4.09. The number of ketones is 1. The van der Waals surface area contributed by atoms with Gasteiger partial charge >= 0.3 is 0 Å². The van der Waals surface area contributed by atoms with E-state index in [2.05, 4.69) is 12.2 Å². The number of carbonyl (C=O) groups excluding carboxylic acids is 1. The third kappa shape index (κ3) is 1.99. The maximum Gasteiger partial charge on any atom is 0.178 e. The number of carbonyl (C=O) groups is 1. The van der Waals surface area contributed by atoms with Gasteiger partial charge in [0.05, 0.1) is 4.88 Å². The van der Waals surface area contributed by atoms with Gasteiger partial charge in [0, 0.05) is 5.41 Å². The molecule has 1 saturated heterocycles. The molecule has 1 aliphatic rings. The van der Waals surface area contributed by atoms with Crippen LogP contribution in [0.1, 0.15) is 35.9 Å². The molecule has 0 aliphatic carbocycles. The molecule has 1 aromatic rings. The van der Waals surface area contributed by atoms with Gasteiger partial charge in [-0.15, -0.1) is 11.3 Å². The topological polar surface area (TPSA) is 29.1 Å². The lowest BCUT2D eigenvalue weighted by Crippen LogP contribution is -2.41. The molecule has 2 rings (SSSR count). The molecular formula is C12H17NOS. The molecule has 0 atom stereocenters. The fourth-order valence-corrected chi connectivity index (χ4v) is 3.10. The Morgan fingerprint density at radius 2 is 2.27 bits per heavy atom. The molecule has 0 aromatic carbocycles. The Balaban J connectivity index is 2.22. The van der Waals surface area contributed by atoms with Crippen LogP contribution in [0.25, 0.3) is 0 Å². The third-order valence-electron chi connectivity index (χ3n) is 3.46. The zero-order chi connectivity index (χ0) is 10.7. The smallest absolute Gasteiger partial charge is 0.178 e. The van der Waals surface area contributed by atoms with Crippen molar-refractivity contribution >= 4 is 17.1 Å². The van der Waals surface area contributed by atoms with Crippen molar-refractivity contribution in [2.24, 2.45) is 5.41 Å². The second-order valence-corrected chi connectivity index (χ2v) is 5.14. The van der Waals surface area contributed by atoms with Crippen LogP contribution >= 0.6 is 11.3 Å². The normalized spacial score (nSPS) is 20.1. The Hall–Kier alpha value is -0.670. The molecule has 1 aliphatic heterocycles. The Morgan fingerprint density at radius 1 is 1.53 bits per heavy atom. The molecule has 1 N–H and O–H groups in total. The lowest BCUT2D eigenvalue weighted by Gasteiger charge is -2.35. The summed E-state index contributed by atoms with van der Waals surface area (Å²) in [4.78, 5) is 13.3. The van der Waals surface area contributed by atoms with Crippen molar-refractivity contribution in [2.45, 2.75) is 26.2 Å². The number of hydrogen-bond donors (Lipinski definition) is 1. The number of Topliss-reactive ketones (excluding diaryl/α,β-unsaturated/α-hetero) is 1. The van der Waals surface area contributed by atoms with Gasteiger partial charge in [0.1, 0.15) is 0 Å². The predicted molar refractivity (Wildman–Crippen MR) is 63.5 cm³/mol. The van der Waals surface area contributed by atoms with E-state index in [0.717, 1.165) is 37.2 Å². The highest BCUT2D eigenvalue weighted by Crippen LogP contribution is 2.37. The van der Waals surface area contributed by atoms with Gasteiger partial charge in [0.2, 0.25) is 0 Å². The summed E-state index contributed by atoms with van der Waals surface area (Å²) in [7, 11) is 0. The summed E-state index contributed by atoms with van der Waals surface area (Å²) in [6.07, 6.45) is 2.94. The average Bonchev–Trinajstić information content (AvgIpc) is 2.82. The molecule has 0 saturated carbocycles. The van der Waals surface area contributed by atoms with Gasteiger partial charge < -0.3 is 5.32 Å². The lowest BCUT2D eigenvalue weighted by molar-refractivity contribution is 0.0722. The second kappa shape index (κ2) is 4.45. The first-order chi connectivity index (χ1) is 7.28. The van der Waals surface area contributed by atoms with Crippen molar-refractivity contribution in [3.63, 3.8) is 0 Å². The quantitative estimate of drug-likeness (QED) is 0.798. The zero-order valence-electron chi connectivity index (χ0n) is 9.08. The summed E-state index contributed by atoms with van der Waals surface area (Å²) in [5, 5.41) is 5.31. The summed E-state index contributed by atoms with van der Waals surface area (Å²) in [5.41, 5.74) is -0.0872. The fourth-order valence-electron chi connectivity index (χ4n) is 2.32. The Bertz CT molecular complexity index is 325. The molecule has 82 valence electrons. The fraction of sp³-hybridized carbons (Fsp3) is 0.583. The largest absolute Gasteiger partial charge is 0.317 e. The van der Waals surface area contributed by atoms with E-state index in [9.17, 15) is 4.79 Å². The van der Waals surface area contributed by atoms with E-state index < -0.39 is 0 Å². The van der Waals surface area contributed by atoms with E-state index in [4.69, 9.17) is 0 Å². The van der Waals surface area contributed by atoms with Gasteiger partial charge in [-0.05, 0) is 43.8 Å². The van der Waals surface area contributed by atoms with Crippen LogP contribution < -0.4 is 5.32 Å². The first kappa shape index (κ1) is 10.8. The highest BCUT2D eigenvalue weighted by molar-refractivity contribution is 7.12. The van der Waals surface area contributed by atoms with Gasteiger partial charge in [-0.3, -0.25) is 4.79 Å². The van der Waals surface area contributed by atoms with E-state index in [1.54, 1.807) is 11.3 Å². The van der Waals surface area contributed by atoms with Crippen molar-refractivity contribution in [1.29, 1.82) is 0 Å². The van der Waals surface area contributed by atoms with Gasteiger partial charge in [-0.2, -0.15) is 0 Å². The number of piperidine rings is 1. The van der Waals surface area contributed by atoms with E-state index >= 15 is 0 Å². The molecule has 3 heteroatoms. The Labute approximate surface area is 94.7 Å². The molecule has 15 heavy (non-hydrogen) atoms. The molecule has 0 radical (unpaired) electrons. The van der Waals surface area contributed by atoms with E-state index in [1.807, 2.05) is 17.5 Å². The van der Waals surface area contributed by atoms with Crippen molar-refractivity contribution < 1.29 is 4.79 Å². The highest BCUT2D eigenvalue weighted by atomic mass is 32.1. The van der Waals surface area contributed by atoms with Crippen molar-refractivity contribution in [2.75, 3.05) is 13.1 Å². The average molecular weight is 223 g/mol. The predicted octanol–water partition coefficient (Wildman–Crippen LogP) is 2.71. The Morgan fingerprint density at radius 3 is 2.80 bits per heavy atom. The van der Waals surface area contributed by atoms with Gasteiger partial charge in [0.15, 0.2) is 5.78 Å². The monoisotopic (exact) mass is 223 g/mol. The van der Waals surface area contributed by atoms with E-state index in [-0.39, 0.29) is 5.41 Å². The molecule has 0 unspecified atom stereocenters. The molecule has 0 amide bonds. The van der Waals surface area contributed by atoms with E-state index in [0.29, 0.717) is 5.78 Å². The van der Waals surface area contributed by atoms with Crippen molar-refractivity contribution in [1.82, 2.24) is 5.32 Å².